The molecule has 1 aromatic carbocycles. The number of rotatable bonds is 3. The van der Waals surface area contributed by atoms with Crippen LogP contribution in [0.15, 0.2) is 30.3 Å². The molecule has 0 radical (unpaired) electrons. The van der Waals surface area contributed by atoms with Crippen molar-refractivity contribution in [3.05, 3.63) is 35.9 Å². The van der Waals surface area contributed by atoms with Crippen molar-refractivity contribution in [3.8, 4) is 0 Å². The van der Waals surface area contributed by atoms with Crippen molar-refractivity contribution < 1.29 is 0 Å². The summed E-state index contributed by atoms with van der Waals surface area (Å²) in [6.07, 6.45) is 1.14. The second-order valence-corrected chi connectivity index (χ2v) is 15.3. The van der Waals surface area contributed by atoms with E-state index in [1.54, 1.807) is 0 Å². The largest absolute Gasteiger partial charge is 0.192 e. The maximum atomic E-state index is 3.71. The van der Waals surface area contributed by atoms with E-state index in [1.807, 2.05) is 0 Å². The number of hydrogen-bond donors (Lipinski definition) is 0. The van der Waals surface area contributed by atoms with E-state index in [4.69, 9.17) is 0 Å². The lowest BCUT2D eigenvalue weighted by atomic mass is 10.0. The molecule has 0 aromatic heterocycles. The molecule has 0 aliphatic rings. The fourth-order valence-corrected chi connectivity index (χ4v) is 2.56. The van der Waals surface area contributed by atoms with Crippen LogP contribution in [0.3, 0.4) is 0 Å². The van der Waals surface area contributed by atoms with Gasteiger partial charge in [-0.1, -0.05) is 44.2 Å². The Labute approximate surface area is 97.5 Å². The first-order valence-electron chi connectivity index (χ1n) is 4.34. The molecule has 0 aliphatic heterocycles. The SMILES string of the molecule is CC(C)(Cc1ccccc1)[SiH](Br)Br. The Morgan fingerprint density at radius 3 is 2.15 bits per heavy atom. The lowest BCUT2D eigenvalue weighted by Gasteiger charge is -2.25. The van der Waals surface area contributed by atoms with E-state index >= 15 is 0 Å². The van der Waals surface area contributed by atoms with Gasteiger partial charge in [-0.15, -0.1) is 30.6 Å². The Hall–Kier alpha value is 0.397. The van der Waals surface area contributed by atoms with Crippen LogP contribution in [0.1, 0.15) is 19.4 Å². The molecule has 0 N–H and O–H groups in total. The highest BCUT2D eigenvalue weighted by molar-refractivity contribution is 9.49. The second kappa shape index (κ2) is 4.76. The summed E-state index contributed by atoms with van der Waals surface area (Å²) in [5.74, 6) is 0. The smallest absolute Gasteiger partial charge is 0.115 e. The quantitative estimate of drug-likeness (QED) is 0.582. The highest BCUT2D eigenvalue weighted by Crippen LogP contribution is 2.38. The van der Waals surface area contributed by atoms with Crippen molar-refractivity contribution >= 4 is 36.6 Å². The maximum Gasteiger partial charge on any atom is 0.192 e. The molecule has 13 heavy (non-hydrogen) atoms. The van der Waals surface area contributed by atoms with E-state index in [-0.39, 0.29) is 0 Å². The Morgan fingerprint density at radius 2 is 1.69 bits per heavy atom. The molecule has 0 unspecified atom stereocenters. The summed E-state index contributed by atoms with van der Waals surface area (Å²) in [7, 11) is 0. The summed E-state index contributed by atoms with van der Waals surface area (Å²) in [6, 6.07) is 9.73. The zero-order valence-corrected chi connectivity index (χ0v) is 12.3. The Bertz CT molecular complexity index is 257. The van der Waals surface area contributed by atoms with Crippen LogP contribution in [0, 0.1) is 0 Å². The lowest BCUT2D eigenvalue weighted by molar-refractivity contribution is 0.671. The number of benzene rings is 1. The molecule has 1 rings (SSSR count). The molecule has 0 saturated heterocycles. The third-order valence-corrected chi connectivity index (χ3v) is 10.9. The van der Waals surface area contributed by atoms with E-state index in [9.17, 15) is 0 Å². The highest BCUT2D eigenvalue weighted by Gasteiger charge is 2.26. The van der Waals surface area contributed by atoms with Crippen LogP contribution in [0.4, 0.5) is 0 Å². The first kappa shape index (κ1) is 11.5. The van der Waals surface area contributed by atoms with Gasteiger partial charge in [0.1, 0.15) is 0 Å². The summed E-state index contributed by atoms with van der Waals surface area (Å²) >= 11 is 7.42. The van der Waals surface area contributed by atoms with Gasteiger partial charge in [0.15, 0.2) is 6.04 Å². The molecule has 0 aliphatic carbocycles. The summed E-state index contributed by atoms with van der Waals surface area (Å²) in [5.41, 5.74) is 1.42. The molecule has 0 bridgehead atoms. The third-order valence-electron chi connectivity index (χ3n) is 2.09. The van der Waals surface area contributed by atoms with Crippen molar-refractivity contribution in [1.29, 1.82) is 0 Å². The lowest BCUT2D eigenvalue weighted by Crippen LogP contribution is -2.18. The van der Waals surface area contributed by atoms with Gasteiger partial charge in [0.25, 0.3) is 0 Å². The normalized spacial score (nSPS) is 12.1. The maximum absolute atomic E-state index is 3.71. The number of hydrogen-bond acceptors (Lipinski definition) is 0. The predicted octanol–water partition coefficient (Wildman–Crippen LogP) is 4.02. The van der Waals surface area contributed by atoms with Gasteiger partial charge in [0, 0.05) is 0 Å². The van der Waals surface area contributed by atoms with Crippen LogP contribution in [-0.2, 0) is 6.42 Å². The molecule has 3 heteroatoms. The monoisotopic (exact) mass is 320 g/mol. The van der Waals surface area contributed by atoms with E-state index in [1.165, 1.54) is 5.56 Å². The molecular formula is C10H14Br2Si. The van der Waals surface area contributed by atoms with Crippen molar-refractivity contribution in [2.24, 2.45) is 0 Å². The predicted molar refractivity (Wildman–Crippen MR) is 69.2 cm³/mol. The minimum Gasteiger partial charge on any atom is -0.115 e. The Kier molecular flexibility index (Phi) is 4.20. The Morgan fingerprint density at radius 1 is 1.15 bits per heavy atom. The van der Waals surface area contributed by atoms with Gasteiger partial charge >= 0.3 is 0 Å². The van der Waals surface area contributed by atoms with Gasteiger partial charge in [-0.3, -0.25) is 0 Å². The minimum absolute atomic E-state index is 0.376. The van der Waals surface area contributed by atoms with Gasteiger partial charge in [-0.25, -0.2) is 0 Å². The first-order valence-corrected chi connectivity index (χ1v) is 11.3. The topological polar surface area (TPSA) is 0 Å². The first-order chi connectivity index (χ1) is 6.02. The molecule has 0 atom stereocenters. The van der Waals surface area contributed by atoms with Crippen molar-refractivity contribution in [2.75, 3.05) is 0 Å². The Balaban J connectivity index is 2.69. The van der Waals surface area contributed by atoms with Crippen LogP contribution < -0.4 is 0 Å². The standard InChI is InChI=1S/C10H14Br2Si/c1-10(2,13(11)12)8-9-6-4-3-5-7-9/h3-7,13H,8H2,1-2H3. The zero-order valence-electron chi connectivity index (χ0n) is 7.93. The molecule has 0 spiro atoms. The van der Waals surface area contributed by atoms with Crippen LogP contribution in [0.5, 0.6) is 0 Å². The van der Waals surface area contributed by atoms with E-state index in [2.05, 4.69) is 74.8 Å². The minimum atomic E-state index is -0.924. The van der Waals surface area contributed by atoms with E-state index < -0.39 is 6.04 Å². The summed E-state index contributed by atoms with van der Waals surface area (Å²) in [5, 5.41) is 0.376. The summed E-state index contributed by atoms with van der Waals surface area (Å²) in [6.45, 7) is 4.61. The number of halogens is 2. The molecule has 0 amide bonds. The van der Waals surface area contributed by atoms with Crippen molar-refractivity contribution in [3.63, 3.8) is 0 Å². The molecule has 72 valence electrons. The van der Waals surface area contributed by atoms with Crippen molar-refractivity contribution in [1.82, 2.24) is 0 Å². The fraction of sp³-hybridized carbons (Fsp3) is 0.400. The molecule has 0 heterocycles. The average Bonchev–Trinajstić information content (AvgIpc) is 2.05. The van der Waals surface area contributed by atoms with Gasteiger partial charge < -0.3 is 0 Å². The van der Waals surface area contributed by atoms with Crippen molar-refractivity contribution in [2.45, 2.75) is 25.3 Å². The molecule has 1 aromatic rings. The van der Waals surface area contributed by atoms with Crippen LogP contribution in [-0.4, -0.2) is 6.04 Å². The third kappa shape index (κ3) is 3.56. The molecule has 0 nitrogen and oxygen atoms in total. The van der Waals surface area contributed by atoms with Gasteiger partial charge in [-0.2, -0.15) is 0 Å². The molecule has 0 fully saturated rings. The fourth-order valence-electron chi connectivity index (χ4n) is 1.20. The highest BCUT2D eigenvalue weighted by atomic mass is 79.9. The van der Waals surface area contributed by atoms with Gasteiger partial charge in [0.05, 0.1) is 0 Å². The zero-order chi connectivity index (χ0) is 9.90. The molecular weight excluding hydrogens is 308 g/mol. The molecule has 0 saturated carbocycles. The van der Waals surface area contributed by atoms with E-state index in [0.717, 1.165) is 6.42 Å². The van der Waals surface area contributed by atoms with Gasteiger partial charge in [-0.05, 0) is 17.0 Å². The van der Waals surface area contributed by atoms with E-state index in [0.29, 0.717) is 5.04 Å². The van der Waals surface area contributed by atoms with Crippen LogP contribution in [0.2, 0.25) is 5.04 Å². The summed E-state index contributed by atoms with van der Waals surface area (Å²) < 4.78 is 0. The van der Waals surface area contributed by atoms with Crippen LogP contribution in [0.25, 0.3) is 0 Å². The van der Waals surface area contributed by atoms with Crippen LogP contribution >= 0.6 is 30.6 Å². The van der Waals surface area contributed by atoms with Gasteiger partial charge in [0.2, 0.25) is 0 Å². The second-order valence-electron chi connectivity index (χ2n) is 3.95. The summed E-state index contributed by atoms with van der Waals surface area (Å²) in [4.78, 5) is 0. The average molecular weight is 322 g/mol.